The molecule has 180 valence electrons. The molecule has 1 saturated heterocycles. The van der Waals surface area contributed by atoms with Crippen molar-refractivity contribution in [3.05, 3.63) is 77.9 Å². The van der Waals surface area contributed by atoms with Crippen molar-refractivity contribution in [1.29, 1.82) is 0 Å². The van der Waals surface area contributed by atoms with E-state index in [2.05, 4.69) is 49.4 Å². The van der Waals surface area contributed by atoms with E-state index in [1.54, 1.807) is 18.3 Å². The SMILES string of the molecule is CN(C)c1ccc(Cc2nc3cc(Oc4ccnc(C(=O)N[C@@H]5CCNC5)c4)ccc3n2C)cc1. The van der Waals surface area contributed by atoms with E-state index >= 15 is 0 Å². The van der Waals surface area contributed by atoms with Gasteiger partial charge in [0, 0.05) is 64.2 Å². The van der Waals surface area contributed by atoms with Gasteiger partial charge in [-0.1, -0.05) is 12.1 Å². The number of hydrogen-bond acceptors (Lipinski definition) is 6. The highest BCUT2D eigenvalue weighted by atomic mass is 16.5. The van der Waals surface area contributed by atoms with Gasteiger partial charge >= 0.3 is 0 Å². The van der Waals surface area contributed by atoms with Crippen molar-refractivity contribution < 1.29 is 9.53 Å². The molecule has 8 heteroatoms. The summed E-state index contributed by atoms with van der Waals surface area (Å²) in [5.41, 5.74) is 4.63. The predicted molar refractivity (Wildman–Crippen MR) is 137 cm³/mol. The van der Waals surface area contributed by atoms with Gasteiger partial charge in [-0.2, -0.15) is 0 Å². The van der Waals surface area contributed by atoms with Gasteiger partial charge in [0.2, 0.25) is 0 Å². The summed E-state index contributed by atoms with van der Waals surface area (Å²) in [5.74, 6) is 2.02. The van der Waals surface area contributed by atoms with E-state index in [0.29, 0.717) is 17.2 Å². The van der Waals surface area contributed by atoms with Gasteiger partial charge in [-0.05, 0) is 48.9 Å². The highest BCUT2D eigenvalue weighted by molar-refractivity contribution is 5.92. The molecule has 4 aromatic rings. The number of fused-ring (bicyclic) bond motifs is 1. The van der Waals surface area contributed by atoms with Crippen LogP contribution in [0.4, 0.5) is 5.69 Å². The lowest BCUT2D eigenvalue weighted by Gasteiger charge is -2.12. The largest absolute Gasteiger partial charge is 0.457 e. The van der Waals surface area contributed by atoms with Crippen LogP contribution in [0.3, 0.4) is 0 Å². The van der Waals surface area contributed by atoms with Crippen molar-refractivity contribution in [3.8, 4) is 11.5 Å². The molecule has 0 radical (unpaired) electrons. The molecule has 0 spiro atoms. The molecule has 1 atom stereocenters. The summed E-state index contributed by atoms with van der Waals surface area (Å²) in [7, 11) is 6.11. The first-order valence-electron chi connectivity index (χ1n) is 11.8. The summed E-state index contributed by atoms with van der Waals surface area (Å²) in [6.45, 7) is 1.71. The number of rotatable bonds is 7. The number of benzene rings is 2. The Labute approximate surface area is 204 Å². The molecule has 0 saturated carbocycles. The average molecular weight is 471 g/mol. The topological polar surface area (TPSA) is 84.3 Å². The monoisotopic (exact) mass is 470 g/mol. The van der Waals surface area contributed by atoms with E-state index in [4.69, 9.17) is 9.72 Å². The van der Waals surface area contributed by atoms with Crippen LogP contribution in [-0.4, -0.2) is 53.7 Å². The maximum absolute atomic E-state index is 12.6. The molecule has 0 unspecified atom stereocenters. The first kappa shape index (κ1) is 22.9. The second kappa shape index (κ2) is 9.76. The van der Waals surface area contributed by atoms with Gasteiger partial charge < -0.3 is 24.8 Å². The fraction of sp³-hybridized carbons (Fsp3) is 0.296. The second-order valence-electron chi connectivity index (χ2n) is 9.12. The number of nitrogens with one attached hydrogen (secondary N) is 2. The van der Waals surface area contributed by atoms with Crippen LogP contribution in [-0.2, 0) is 13.5 Å². The van der Waals surface area contributed by atoms with Gasteiger partial charge in [0.05, 0.1) is 11.0 Å². The van der Waals surface area contributed by atoms with Gasteiger partial charge in [0.15, 0.2) is 0 Å². The minimum absolute atomic E-state index is 0.139. The molecular weight excluding hydrogens is 440 g/mol. The van der Waals surface area contributed by atoms with Crippen molar-refractivity contribution >= 4 is 22.6 Å². The number of nitrogens with zero attached hydrogens (tertiary/aromatic N) is 4. The average Bonchev–Trinajstić information content (AvgIpc) is 3.47. The number of carbonyl (C=O) groups excluding carboxylic acids is 1. The number of pyridine rings is 1. The number of aromatic nitrogens is 3. The number of carbonyl (C=O) groups is 1. The van der Waals surface area contributed by atoms with Crippen molar-refractivity contribution in [3.63, 3.8) is 0 Å². The summed E-state index contributed by atoms with van der Waals surface area (Å²) in [6, 6.07) is 18.0. The van der Waals surface area contributed by atoms with Crippen LogP contribution in [0.5, 0.6) is 11.5 Å². The van der Waals surface area contributed by atoms with E-state index < -0.39 is 0 Å². The van der Waals surface area contributed by atoms with Crippen molar-refractivity contribution in [2.24, 2.45) is 7.05 Å². The Morgan fingerprint density at radius 1 is 1.14 bits per heavy atom. The summed E-state index contributed by atoms with van der Waals surface area (Å²) in [6.07, 6.45) is 3.26. The molecule has 3 heterocycles. The van der Waals surface area contributed by atoms with E-state index in [0.717, 1.165) is 42.8 Å². The summed E-state index contributed by atoms with van der Waals surface area (Å²) in [4.78, 5) is 23.7. The lowest BCUT2D eigenvalue weighted by atomic mass is 10.1. The number of amides is 1. The van der Waals surface area contributed by atoms with E-state index in [1.165, 1.54) is 11.3 Å². The molecule has 35 heavy (non-hydrogen) atoms. The highest BCUT2D eigenvalue weighted by Gasteiger charge is 2.18. The van der Waals surface area contributed by atoms with Crippen molar-refractivity contribution in [1.82, 2.24) is 25.2 Å². The zero-order valence-corrected chi connectivity index (χ0v) is 20.3. The summed E-state index contributed by atoms with van der Waals surface area (Å²) < 4.78 is 8.18. The first-order chi connectivity index (χ1) is 17.0. The van der Waals surface area contributed by atoms with Crippen LogP contribution >= 0.6 is 0 Å². The third-order valence-electron chi connectivity index (χ3n) is 6.36. The van der Waals surface area contributed by atoms with E-state index in [-0.39, 0.29) is 11.9 Å². The minimum Gasteiger partial charge on any atom is -0.457 e. The van der Waals surface area contributed by atoms with Crippen LogP contribution in [0.25, 0.3) is 11.0 Å². The van der Waals surface area contributed by atoms with Crippen LogP contribution in [0.1, 0.15) is 28.3 Å². The highest BCUT2D eigenvalue weighted by Crippen LogP contribution is 2.27. The molecular formula is C27H30N6O2. The predicted octanol–water partition coefficient (Wildman–Crippen LogP) is 3.51. The van der Waals surface area contributed by atoms with E-state index in [9.17, 15) is 4.79 Å². The van der Waals surface area contributed by atoms with Gasteiger partial charge in [-0.25, -0.2) is 4.98 Å². The normalized spacial score (nSPS) is 15.3. The first-order valence-corrected chi connectivity index (χ1v) is 11.8. The number of anilines is 1. The Morgan fingerprint density at radius 2 is 1.94 bits per heavy atom. The molecule has 1 aliphatic rings. The fourth-order valence-corrected chi connectivity index (χ4v) is 4.32. The van der Waals surface area contributed by atoms with Crippen LogP contribution in [0.2, 0.25) is 0 Å². The molecule has 2 aromatic carbocycles. The fourth-order valence-electron chi connectivity index (χ4n) is 4.32. The van der Waals surface area contributed by atoms with Crippen LogP contribution < -0.4 is 20.3 Å². The van der Waals surface area contributed by atoms with Crippen molar-refractivity contribution in [2.75, 3.05) is 32.1 Å². The Kier molecular flexibility index (Phi) is 6.37. The van der Waals surface area contributed by atoms with Crippen LogP contribution in [0.15, 0.2) is 60.8 Å². The molecule has 1 amide bonds. The summed E-state index contributed by atoms with van der Waals surface area (Å²) in [5, 5.41) is 6.26. The molecule has 1 fully saturated rings. The maximum atomic E-state index is 12.6. The zero-order valence-electron chi connectivity index (χ0n) is 20.3. The Bertz CT molecular complexity index is 1340. The molecule has 1 aliphatic heterocycles. The molecule has 0 aliphatic carbocycles. The quantitative estimate of drug-likeness (QED) is 0.430. The number of ether oxygens (including phenoxy) is 1. The summed E-state index contributed by atoms with van der Waals surface area (Å²) >= 11 is 0. The zero-order chi connectivity index (χ0) is 24.4. The molecule has 0 bridgehead atoms. The standard InChI is InChI=1S/C27H30N6O2/c1-32(2)20-6-4-18(5-7-20)14-26-31-23-15-21(8-9-25(23)33(26)3)35-22-11-13-29-24(16-22)27(34)30-19-10-12-28-17-19/h4-9,11,13,15-16,19,28H,10,12,14,17H2,1-3H3,(H,30,34)/t19-/m1/s1. The number of aryl methyl sites for hydroxylation is 1. The Hall–Kier alpha value is -3.91. The second-order valence-corrected chi connectivity index (χ2v) is 9.12. The number of hydrogen-bond donors (Lipinski definition) is 2. The van der Waals surface area contributed by atoms with Gasteiger partial charge in [0.1, 0.15) is 23.0 Å². The Balaban J connectivity index is 1.31. The lowest BCUT2D eigenvalue weighted by molar-refractivity contribution is 0.0934. The lowest BCUT2D eigenvalue weighted by Crippen LogP contribution is -2.36. The minimum atomic E-state index is -0.187. The molecule has 2 aromatic heterocycles. The maximum Gasteiger partial charge on any atom is 0.270 e. The van der Waals surface area contributed by atoms with Crippen molar-refractivity contribution in [2.45, 2.75) is 18.9 Å². The molecule has 2 N–H and O–H groups in total. The third kappa shape index (κ3) is 5.12. The number of imidazole rings is 1. The smallest absolute Gasteiger partial charge is 0.270 e. The van der Waals surface area contributed by atoms with Gasteiger partial charge in [-0.15, -0.1) is 0 Å². The third-order valence-corrected chi connectivity index (χ3v) is 6.36. The Morgan fingerprint density at radius 3 is 2.69 bits per heavy atom. The van der Waals surface area contributed by atoms with Crippen LogP contribution in [0, 0.1) is 0 Å². The van der Waals surface area contributed by atoms with Gasteiger partial charge in [-0.3, -0.25) is 9.78 Å². The van der Waals surface area contributed by atoms with Gasteiger partial charge in [0.25, 0.3) is 5.91 Å². The molecule has 8 nitrogen and oxygen atoms in total. The molecule has 5 rings (SSSR count). The van der Waals surface area contributed by atoms with E-state index in [1.807, 2.05) is 39.3 Å².